The fourth-order valence-corrected chi connectivity index (χ4v) is 4.96. The molecule has 0 N–H and O–H groups in total. The van der Waals surface area contributed by atoms with E-state index in [4.69, 9.17) is 4.74 Å². The first-order valence-electron chi connectivity index (χ1n) is 11.5. The van der Waals surface area contributed by atoms with Crippen LogP contribution in [0.3, 0.4) is 0 Å². The Kier molecular flexibility index (Phi) is 6.82. The van der Waals surface area contributed by atoms with Crippen molar-refractivity contribution in [2.75, 3.05) is 39.8 Å². The maximum atomic E-state index is 14.4. The topological polar surface area (TPSA) is 36.0 Å². The summed E-state index contributed by atoms with van der Waals surface area (Å²) in [6.45, 7) is 1.49. The molecule has 5 nitrogen and oxygen atoms in total. The van der Waals surface area contributed by atoms with Crippen molar-refractivity contribution in [2.45, 2.75) is 24.8 Å². The number of hydrogen-bond donors (Lipinski definition) is 0. The Hall–Kier alpha value is -3.15. The molecule has 3 aromatic rings. The quantitative estimate of drug-likeness (QED) is 0.480. The van der Waals surface area contributed by atoms with Crippen LogP contribution in [0.2, 0.25) is 0 Å². The van der Waals surface area contributed by atoms with Gasteiger partial charge in [-0.1, -0.05) is 66.7 Å². The van der Waals surface area contributed by atoms with Crippen molar-refractivity contribution in [3.63, 3.8) is 0 Å². The largest absolute Gasteiger partial charge is 0.496 e. The van der Waals surface area contributed by atoms with Crippen molar-refractivity contribution in [1.82, 2.24) is 9.91 Å². The van der Waals surface area contributed by atoms with Gasteiger partial charge in [0.1, 0.15) is 11.2 Å². The van der Waals surface area contributed by atoms with E-state index in [1.54, 1.807) is 7.11 Å². The maximum absolute atomic E-state index is 14.4. The monoisotopic (exact) mass is 443 g/mol. The molecule has 3 aromatic carbocycles. The van der Waals surface area contributed by atoms with Crippen LogP contribution < -0.4 is 9.75 Å². The Morgan fingerprint density at radius 3 is 2.27 bits per heavy atom. The molecule has 1 aliphatic rings. The third kappa shape index (κ3) is 4.26. The smallest absolute Gasteiger partial charge is 0.256 e. The molecule has 0 unspecified atom stereocenters. The zero-order chi connectivity index (χ0) is 23.4. The molecule has 0 fully saturated rings. The Morgan fingerprint density at radius 1 is 0.879 bits per heavy atom. The van der Waals surface area contributed by atoms with Gasteiger partial charge >= 0.3 is 0 Å². The van der Waals surface area contributed by atoms with Crippen LogP contribution in [0.1, 0.15) is 29.5 Å². The number of benzene rings is 3. The van der Waals surface area contributed by atoms with E-state index in [-0.39, 0.29) is 5.91 Å². The van der Waals surface area contributed by atoms with Crippen LogP contribution >= 0.6 is 0 Å². The first kappa shape index (κ1) is 23.0. The third-order valence-corrected chi connectivity index (χ3v) is 6.51. The van der Waals surface area contributed by atoms with Gasteiger partial charge in [-0.25, -0.2) is 10.0 Å². The second-order valence-electron chi connectivity index (χ2n) is 8.94. The summed E-state index contributed by atoms with van der Waals surface area (Å²) in [6.07, 6.45) is 1.68. The summed E-state index contributed by atoms with van der Waals surface area (Å²) < 4.78 is 5.56. The van der Waals surface area contributed by atoms with E-state index in [0.29, 0.717) is 6.54 Å². The van der Waals surface area contributed by atoms with E-state index < -0.39 is 5.41 Å². The number of rotatable bonds is 9. The average molecular weight is 444 g/mol. The van der Waals surface area contributed by atoms with Gasteiger partial charge in [-0.3, -0.25) is 4.79 Å². The van der Waals surface area contributed by atoms with Crippen LogP contribution in [0.5, 0.6) is 5.75 Å². The summed E-state index contributed by atoms with van der Waals surface area (Å²) >= 11 is 0. The molecular formula is C28H33N3O2. The number of anilines is 1. The standard InChI is InChI=1S/C28H33N3O2/c1-29(2)20-12-19-28(23-14-6-5-7-15-23)24-16-9-10-17-25(24)31(27(28)32)30(3)21-22-13-8-11-18-26(22)33-4/h5-11,13-18H,12,19-21H2,1-4H3/t28-/m0/s1. The molecule has 1 amide bonds. The zero-order valence-electron chi connectivity index (χ0n) is 20.0. The van der Waals surface area contributed by atoms with E-state index in [1.165, 1.54) is 0 Å². The molecule has 4 rings (SSSR count). The Labute approximate surface area is 197 Å². The summed E-state index contributed by atoms with van der Waals surface area (Å²) in [5, 5.41) is 3.88. The van der Waals surface area contributed by atoms with Crippen LogP contribution in [0.25, 0.3) is 0 Å². The lowest BCUT2D eigenvalue weighted by Gasteiger charge is -2.33. The lowest BCUT2D eigenvalue weighted by atomic mass is 9.72. The summed E-state index contributed by atoms with van der Waals surface area (Å²) in [5.74, 6) is 0.927. The van der Waals surface area contributed by atoms with Crippen molar-refractivity contribution in [3.05, 3.63) is 95.6 Å². The first-order valence-corrected chi connectivity index (χ1v) is 11.5. The molecule has 172 valence electrons. The minimum Gasteiger partial charge on any atom is -0.496 e. The molecule has 0 saturated heterocycles. The number of fused-ring (bicyclic) bond motifs is 1. The van der Waals surface area contributed by atoms with E-state index in [2.05, 4.69) is 43.3 Å². The highest BCUT2D eigenvalue weighted by atomic mass is 16.5. The van der Waals surface area contributed by atoms with E-state index in [9.17, 15) is 4.79 Å². The second kappa shape index (κ2) is 9.77. The van der Waals surface area contributed by atoms with Gasteiger partial charge in [-0.05, 0) is 56.7 Å². The second-order valence-corrected chi connectivity index (χ2v) is 8.94. The van der Waals surface area contributed by atoms with Crippen LogP contribution in [0, 0.1) is 0 Å². The molecule has 0 aromatic heterocycles. The van der Waals surface area contributed by atoms with Crippen molar-refractivity contribution < 1.29 is 9.53 Å². The molecule has 5 heteroatoms. The van der Waals surface area contributed by atoms with Gasteiger partial charge in [0.05, 0.1) is 12.8 Å². The van der Waals surface area contributed by atoms with E-state index in [0.717, 1.165) is 47.5 Å². The minimum atomic E-state index is -0.705. The van der Waals surface area contributed by atoms with Gasteiger partial charge in [0.15, 0.2) is 0 Å². The fourth-order valence-electron chi connectivity index (χ4n) is 4.96. The molecule has 1 atom stereocenters. The molecule has 0 spiro atoms. The fraction of sp³-hybridized carbons (Fsp3) is 0.321. The number of methoxy groups -OCH3 is 1. The molecule has 0 aliphatic carbocycles. The molecule has 1 heterocycles. The van der Waals surface area contributed by atoms with E-state index >= 15 is 0 Å². The minimum absolute atomic E-state index is 0.103. The van der Waals surface area contributed by atoms with Gasteiger partial charge in [-0.15, -0.1) is 0 Å². The van der Waals surface area contributed by atoms with Crippen LogP contribution in [0.15, 0.2) is 78.9 Å². The number of carbonyl (C=O) groups is 1. The van der Waals surface area contributed by atoms with Gasteiger partial charge in [-0.2, -0.15) is 0 Å². The molecular weight excluding hydrogens is 410 g/mol. The van der Waals surface area contributed by atoms with Crippen molar-refractivity contribution in [3.8, 4) is 5.75 Å². The van der Waals surface area contributed by atoms with Crippen molar-refractivity contribution in [1.29, 1.82) is 0 Å². The lowest BCUT2D eigenvalue weighted by molar-refractivity contribution is -0.124. The number of nitrogens with zero attached hydrogens (tertiary/aromatic N) is 3. The van der Waals surface area contributed by atoms with Gasteiger partial charge in [0, 0.05) is 19.2 Å². The normalized spacial score (nSPS) is 17.6. The van der Waals surface area contributed by atoms with Crippen LogP contribution in [-0.2, 0) is 16.8 Å². The molecule has 0 radical (unpaired) electrons. The first-order chi connectivity index (χ1) is 16.0. The summed E-state index contributed by atoms with van der Waals surface area (Å²) in [4.78, 5) is 16.6. The van der Waals surface area contributed by atoms with Gasteiger partial charge < -0.3 is 9.64 Å². The number of hydrazine groups is 1. The van der Waals surface area contributed by atoms with Gasteiger partial charge in [0.25, 0.3) is 5.91 Å². The van der Waals surface area contributed by atoms with Crippen LogP contribution in [0.4, 0.5) is 5.69 Å². The third-order valence-electron chi connectivity index (χ3n) is 6.51. The Bertz CT molecular complexity index is 1100. The van der Waals surface area contributed by atoms with Crippen LogP contribution in [-0.4, -0.2) is 50.6 Å². The van der Waals surface area contributed by atoms with Gasteiger partial charge in [0.2, 0.25) is 0 Å². The molecule has 33 heavy (non-hydrogen) atoms. The van der Waals surface area contributed by atoms with E-state index in [1.807, 2.05) is 71.7 Å². The highest BCUT2D eigenvalue weighted by molar-refractivity contribution is 6.09. The SMILES string of the molecule is COc1ccccc1CN(C)N1C(=O)[C@@](CCCN(C)C)(c2ccccc2)c2ccccc21. The highest BCUT2D eigenvalue weighted by Crippen LogP contribution is 2.49. The maximum Gasteiger partial charge on any atom is 0.256 e. The average Bonchev–Trinajstić information content (AvgIpc) is 3.08. The summed E-state index contributed by atoms with van der Waals surface area (Å²) in [6, 6.07) is 26.4. The van der Waals surface area contributed by atoms with Crippen molar-refractivity contribution >= 4 is 11.6 Å². The molecule has 0 bridgehead atoms. The zero-order valence-corrected chi connectivity index (χ0v) is 20.0. The number of amides is 1. The summed E-state index contributed by atoms with van der Waals surface area (Å²) in [7, 11) is 7.81. The molecule has 0 saturated carbocycles. The predicted octanol–water partition coefficient (Wildman–Crippen LogP) is 4.72. The number of para-hydroxylation sites is 2. The van der Waals surface area contributed by atoms with Crippen molar-refractivity contribution in [2.24, 2.45) is 0 Å². The predicted molar refractivity (Wildman–Crippen MR) is 133 cm³/mol. The highest BCUT2D eigenvalue weighted by Gasteiger charge is 2.52. The Balaban J connectivity index is 1.77. The lowest BCUT2D eigenvalue weighted by Crippen LogP contribution is -2.48. The summed E-state index contributed by atoms with van der Waals surface area (Å²) in [5.41, 5.74) is 3.41. The Morgan fingerprint density at radius 2 is 1.55 bits per heavy atom. The number of ether oxygens (including phenoxy) is 1. The number of hydrogen-bond acceptors (Lipinski definition) is 4. The number of carbonyl (C=O) groups excluding carboxylic acids is 1. The molecule has 1 aliphatic heterocycles.